The fourth-order valence-electron chi connectivity index (χ4n) is 1.85. The monoisotopic (exact) mass is 223 g/mol. The average molecular weight is 223 g/mol. The Morgan fingerprint density at radius 1 is 1.47 bits per heavy atom. The largest absolute Gasteiger partial charge is 0.392 e. The Bertz CT molecular complexity index is 310. The molecule has 2 rings (SSSR count). The van der Waals surface area contributed by atoms with Crippen molar-refractivity contribution in [2.24, 2.45) is 0 Å². The van der Waals surface area contributed by atoms with Gasteiger partial charge in [-0.1, -0.05) is 12.1 Å². The number of hydrogen-bond acceptors (Lipinski definition) is 3. The van der Waals surface area contributed by atoms with Gasteiger partial charge in [-0.15, -0.1) is 0 Å². The van der Waals surface area contributed by atoms with E-state index in [9.17, 15) is 0 Å². The summed E-state index contributed by atoms with van der Waals surface area (Å²) in [5.41, 5.74) is 2.11. The second-order valence-electron chi connectivity index (χ2n) is 3.92. The summed E-state index contributed by atoms with van der Waals surface area (Å²) in [7, 11) is 0. The summed E-state index contributed by atoms with van der Waals surface area (Å²) < 4.78 is 0. The molecule has 1 saturated heterocycles. The first kappa shape index (κ1) is 10.8. The molecule has 0 saturated carbocycles. The van der Waals surface area contributed by atoms with Gasteiger partial charge in [0.05, 0.1) is 6.61 Å². The van der Waals surface area contributed by atoms with Crippen molar-refractivity contribution < 1.29 is 5.11 Å². The molecule has 2 nitrogen and oxygen atoms in total. The van der Waals surface area contributed by atoms with E-state index >= 15 is 0 Å². The molecule has 0 spiro atoms. The summed E-state index contributed by atoms with van der Waals surface area (Å²) in [6, 6.07) is 8.63. The molecule has 0 aromatic heterocycles. The van der Waals surface area contributed by atoms with Crippen LogP contribution in [0.1, 0.15) is 18.4 Å². The summed E-state index contributed by atoms with van der Waals surface area (Å²) in [4.78, 5) is 0. The molecule has 1 aromatic rings. The molecular formula is C12H17NOS. The number of rotatable bonds is 3. The molecule has 0 radical (unpaired) electrons. The highest BCUT2D eigenvalue weighted by molar-refractivity contribution is 7.99. The summed E-state index contributed by atoms with van der Waals surface area (Å²) in [5.74, 6) is 2.50. The molecule has 1 atom stereocenters. The normalized spacial score (nSPS) is 21.3. The van der Waals surface area contributed by atoms with Crippen molar-refractivity contribution in [3.05, 3.63) is 29.8 Å². The number of hydrogen-bond donors (Lipinski definition) is 2. The minimum absolute atomic E-state index is 0.120. The van der Waals surface area contributed by atoms with Crippen molar-refractivity contribution in [2.75, 3.05) is 16.8 Å². The van der Waals surface area contributed by atoms with E-state index in [0.29, 0.717) is 6.04 Å². The van der Waals surface area contributed by atoms with Crippen LogP contribution in [0.4, 0.5) is 5.69 Å². The first-order chi connectivity index (χ1) is 7.38. The Morgan fingerprint density at radius 2 is 2.40 bits per heavy atom. The average Bonchev–Trinajstić information content (AvgIpc) is 2.31. The van der Waals surface area contributed by atoms with Crippen molar-refractivity contribution in [2.45, 2.75) is 25.5 Å². The lowest BCUT2D eigenvalue weighted by Crippen LogP contribution is -2.25. The third kappa shape index (κ3) is 3.14. The van der Waals surface area contributed by atoms with E-state index in [0.717, 1.165) is 11.3 Å². The van der Waals surface area contributed by atoms with Gasteiger partial charge in [-0.25, -0.2) is 0 Å². The zero-order chi connectivity index (χ0) is 10.5. The predicted molar refractivity (Wildman–Crippen MR) is 66.3 cm³/mol. The zero-order valence-electron chi connectivity index (χ0n) is 8.78. The minimum Gasteiger partial charge on any atom is -0.392 e. The predicted octanol–water partition coefficient (Wildman–Crippen LogP) is 2.49. The van der Waals surface area contributed by atoms with Crippen LogP contribution >= 0.6 is 11.8 Å². The van der Waals surface area contributed by atoms with Crippen LogP contribution in [0, 0.1) is 0 Å². The van der Waals surface area contributed by atoms with Crippen LogP contribution in [-0.4, -0.2) is 22.7 Å². The molecule has 3 heteroatoms. The molecule has 15 heavy (non-hydrogen) atoms. The van der Waals surface area contributed by atoms with E-state index in [2.05, 4.69) is 11.4 Å². The number of aliphatic hydroxyl groups is 1. The maximum Gasteiger partial charge on any atom is 0.0682 e. The highest BCUT2D eigenvalue weighted by Gasteiger charge is 2.12. The number of thioether (sulfide) groups is 1. The van der Waals surface area contributed by atoms with E-state index in [1.165, 1.54) is 24.3 Å². The Morgan fingerprint density at radius 3 is 3.13 bits per heavy atom. The lowest BCUT2D eigenvalue weighted by molar-refractivity contribution is 0.282. The van der Waals surface area contributed by atoms with Crippen LogP contribution in [0.15, 0.2) is 24.3 Å². The summed E-state index contributed by atoms with van der Waals surface area (Å²) in [6.45, 7) is 0.120. The van der Waals surface area contributed by atoms with Gasteiger partial charge in [-0.3, -0.25) is 0 Å². The van der Waals surface area contributed by atoms with Gasteiger partial charge in [0.25, 0.3) is 0 Å². The first-order valence-electron chi connectivity index (χ1n) is 5.42. The van der Waals surface area contributed by atoms with Crippen LogP contribution in [0.5, 0.6) is 0 Å². The lowest BCUT2D eigenvalue weighted by Gasteiger charge is -2.23. The Balaban J connectivity index is 1.96. The number of aliphatic hydroxyl groups excluding tert-OH is 1. The van der Waals surface area contributed by atoms with E-state index < -0.39 is 0 Å². The van der Waals surface area contributed by atoms with E-state index in [-0.39, 0.29) is 6.61 Å². The Hall–Kier alpha value is -0.670. The number of nitrogens with one attached hydrogen (secondary N) is 1. The van der Waals surface area contributed by atoms with Gasteiger partial charge < -0.3 is 10.4 Å². The van der Waals surface area contributed by atoms with Crippen LogP contribution in [0.3, 0.4) is 0 Å². The molecule has 1 aliphatic rings. The molecule has 1 fully saturated rings. The SMILES string of the molecule is OCc1cccc(NC2CCCSC2)c1. The Labute approximate surface area is 95.1 Å². The lowest BCUT2D eigenvalue weighted by atomic mass is 10.1. The number of benzene rings is 1. The second kappa shape index (κ2) is 5.42. The van der Waals surface area contributed by atoms with Gasteiger partial charge >= 0.3 is 0 Å². The standard InChI is InChI=1S/C12H17NOS/c14-8-10-3-1-4-11(7-10)13-12-5-2-6-15-9-12/h1,3-4,7,12-14H,2,5-6,8-9H2. The molecule has 82 valence electrons. The van der Waals surface area contributed by atoms with E-state index in [1.54, 1.807) is 0 Å². The minimum atomic E-state index is 0.120. The van der Waals surface area contributed by atoms with Crippen molar-refractivity contribution in [1.29, 1.82) is 0 Å². The quantitative estimate of drug-likeness (QED) is 0.825. The molecule has 0 bridgehead atoms. The molecule has 0 amide bonds. The van der Waals surface area contributed by atoms with Crippen LogP contribution in [0.25, 0.3) is 0 Å². The molecular weight excluding hydrogens is 206 g/mol. The fourth-order valence-corrected chi connectivity index (χ4v) is 2.92. The van der Waals surface area contributed by atoms with E-state index in [1.807, 2.05) is 30.0 Å². The molecule has 1 aromatic carbocycles. The molecule has 2 N–H and O–H groups in total. The molecule has 1 aliphatic heterocycles. The molecule has 1 unspecified atom stereocenters. The Kier molecular flexibility index (Phi) is 3.92. The van der Waals surface area contributed by atoms with Gasteiger partial charge in [0.1, 0.15) is 0 Å². The zero-order valence-corrected chi connectivity index (χ0v) is 9.59. The van der Waals surface area contributed by atoms with Crippen LogP contribution in [-0.2, 0) is 6.61 Å². The van der Waals surface area contributed by atoms with Crippen molar-refractivity contribution in [3.8, 4) is 0 Å². The topological polar surface area (TPSA) is 32.3 Å². The fraction of sp³-hybridized carbons (Fsp3) is 0.500. The third-order valence-corrected chi connectivity index (χ3v) is 3.86. The van der Waals surface area contributed by atoms with Gasteiger partial charge in [0.15, 0.2) is 0 Å². The van der Waals surface area contributed by atoms with Crippen molar-refractivity contribution in [3.63, 3.8) is 0 Å². The highest BCUT2D eigenvalue weighted by atomic mass is 32.2. The molecule has 0 aliphatic carbocycles. The summed E-state index contributed by atoms with van der Waals surface area (Å²) >= 11 is 2.02. The first-order valence-corrected chi connectivity index (χ1v) is 6.58. The van der Waals surface area contributed by atoms with Gasteiger partial charge in [-0.05, 0) is 36.3 Å². The van der Waals surface area contributed by atoms with Crippen LogP contribution < -0.4 is 5.32 Å². The van der Waals surface area contributed by atoms with Crippen LogP contribution in [0.2, 0.25) is 0 Å². The smallest absolute Gasteiger partial charge is 0.0682 e. The molecule has 1 heterocycles. The maximum absolute atomic E-state index is 9.04. The van der Waals surface area contributed by atoms with Gasteiger partial charge in [-0.2, -0.15) is 11.8 Å². The van der Waals surface area contributed by atoms with Gasteiger partial charge in [0, 0.05) is 17.5 Å². The number of anilines is 1. The third-order valence-electron chi connectivity index (χ3n) is 2.64. The van der Waals surface area contributed by atoms with Crippen molar-refractivity contribution in [1.82, 2.24) is 0 Å². The maximum atomic E-state index is 9.04. The summed E-state index contributed by atoms with van der Waals surface area (Å²) in [5, 5.41) is 12.6. The van der Waals surface area contributed by atoms with Gasteiger partial charge in [0.2, 0.25) is 0 Å². The highest BCUT2D eigenvalue weighted by Crippen LogP contribution is 2.21. The summed E-state index contributed by atoms with van der Waals surface area (Å²) in [6.07, 6.45) is 2.57. The van der Waals surface area contributed by atoms with Crippen molar-refractivity contribution >= 4 is 17.4 Å². The van der Waals surface area contributed by atoms with E-state index in [4.69, 9.17) is 5.11 Å². The second-order valence-corrected chi connectivity index (χ2v) is 5.07.